The molecule has 10 heteroatoms. The lowest BCUT2D eigenvalue weighted by Gasteiger charge is -2.34. The molecule has 0 spiro atoms. The summed E-state index contributed by atoms with van der Waals surface area (Å²) in [6.45, 7) is 0. The Balaban J connectivity index is 1.26. The minimum Gasteiger partial charge on any atom is -0.491 e. The third kappa shape index (κ3) is 4.00. The second-order valence-corrected chi connectivity index (χ2v) is 6.26. The largest absolute Gasteiger partial charge is 0.491 e. The molecule has 1 saturated carbocycles. The van der Waals surface area contributed by atoms with Crippen molar-refractivity contribution in [2.75, 3.05) is 0 Å². The normalized spacial score (nSPS) is 19.1. The molecule has 0 aliphatic heterocycles. The van der Waals surface area contributed by atoms with Gasteiger partial charge >= 0.3 is 6.18 Å². The Labute approximate surface area is 156 Å². The maximum absolute atomic E-state index is 12.6. The molecule has 1 aliphatic rings. The van der Waals surface area contributed by atoms with E-state index < -0.39 is 11.7 Å². The van der Waals surface area contributed by atoms with E-state index in [-0.39, 0.29) is 23.8 Å². The fourth-order valence-corrected chi connectivity index (χ4v) is 2.69. The van der Waals surface area contributed by atoms with Gasteiger partial charge in [-0.15, -0.1) is 0 Å². The molecule has 7 nitrogen and oxygen atoms in total. The van der Waals surface area contributed by atoms with Crippen LogP contribution in [0, 0.1) is 0 Å². The first-order chi connectivity index (χ1) is 13.4. The Morgan fingerprint density at radius 2 is 1.71 bits per heavy atom. The second kappa shape index (κ2) is 7.02. The average molecular weight is 393 g/mol. The number of benzene rings is 1. The summed E-state index contributed by atoms with van der Waals surface area (Å²) in [5.74, 6) is 0.747. The average Bonchev–Trinajstić information content (AvgIpc) is 3.06. The van der Waals surface area contributed by atoms with Crippen LogP contribution in [0.5, 0.6) is 17.5 Å². The van der Waals surface area contributed by atoms with Gasteiger partial charge in [0.2, 0.25) is 5.88 Å². The quantitative estimate of drug-likeness (QED) is 0.704. The third-order valence-electron chi connectivity index (χ3n) is 4.20. The van der Waals surface area contributed by atoms with E-state index in [0.29, 0.717) is 30.2 Å². The van der Waals surface area contributed by atoms with Crippen LogP contribution in [-0.2, 0) is 6.18 Å². The van der Waals surface area contributed by atoms with Gasteiger partial charge in [0.15, 0.2) is 5.76 Å². The molecule has 2 aromatic heterocycles. The standard InChI is InChI=1S/C18H14F3N3O4/c19-18(20,21)10-1-3-11(4-2-10)26-12-5-13(6-12)27-17-9-22-14(8-23-17)15-7-16(25)24-28-15/h1-4,7-9,12-13H,5-6H2,(H,24,25)/t12-,13+. The van der Waals surface area contributed by atoms with Crippen LogP contribution in [0.1, 0.15) is 18.4 Å². The van der Waals surface area contributed by atoms with Gasteiger partial charge in [0.25, 0.3) is 5.88 Å². The predicted octanol–water partition coefficient (Wildman–Crippen LogP) is 3.84. The Morgan fingerprint density at radius 1 is 1.00 bits per heavy atom. The Hall–Kier alpha value is -3.30. The van der Waals surface area contributed by atoms with Gasteiger partial charge in [-0.3, -0.25) is 0 Å². The highest BCUT2D eigenvalue weighted by molar-refractivity contribution is 5.51. The van der Waals surface area contributed by atoms with E-state index >= 15 is 0 Å². The van der Waals surface area contributed by atoms with Crippen molar-refractivity contribution in [3.63, 3.8) is 0 Å². The van der Waals surface area contributed by atoms with Crippen molar-refractivity contribution in [3.8, 4) is 29.0 Å². The second-order valence-electron chi connectivity index (χ2n) is 6.26. The van der Waals surface area contributed by atoms with Gasteiger partial charge < -0.3 is 19.1 Å². The van der Waals surface area contributed by atoms with E-state index in [1.807, 2.05) is 0 Å². The summed E-state index contributed by atoms with van der Waals surface area (Å²) in [4.78, 5) is 8.26. The predicted molar refractivity (Wildman–Crippen MR) is 88.7 cm³/mol. The third-order valence-corrected chi connectivity index (χ3v) is 4.20. The molecule has 0 unspecified atom stereocenters. The molecule has 28 heavy (non-hydrogen) atoms. The molecule has 0 atom stereocenters. The van der Waals surface area contributed by atoms with Gasteiger partial charge in [-0.25, -0.2) is 9.97 Å². The van der Waals surface area contributed by atoms with E-state index in [1.165, 1.54) is 30.6 Å². The minimum atomic E-state index is -4.36. The van der Waals surface area contributed by atoms with E-state index in [4.69, 9.17) is 19.1 Å². The van der Waals surface area contributed by atoms with Crippen LogP contribution in [0.3, 0.4) is 0 Å². The molecule has 1 aromatic carbocycles. The lowest BCUT2D eigenvalue weighted by atomic mass is 9.92. The summed E-state index contributed by atoms with van der Waals surface area (Å²) in [6, 6.07) is 5.92. The molecule has 1 aliphatic carbocycles. The summed E-state index contributed by atoms with van der Waals surface area (Å²) in [5.41, 5.74) is -0.311. The van der Waals surface area contributed by atoms with Gasteiger partial charge in [0.05, 0.1) is 24.0 Å². The number of nitrogens with zero attached hydrogens (tertiary/aromatic N) is 3. The van der Waals surface area contributed by atoms with E-state index in [2.05, 4.69) is 15.1 Å². The van der Waals surface area contributed by atoms with Gasteiger partial charge in [-0.05, 0) is 29.4 Å². The Morgan fingerprint density at radius 3 is 2.29 bits per heavy atom. The van der Waals surface area contributed by atoms with Crippen LogP contribution >= 0.6 is 0 Å². The monoisotopic (exact) mass is 393 g/mol. The first-order valence-corrected chi connectivity index (χ1v) is 8.35. The number of hydrogen-bond acceptors (Lipinski definition) is 7. The molecule has 0 amide bonds. The maximum atomic E-state index is 12.6. The van der Waals surface area contributed by atoms with Gasteiger partial charge in [0, 0.05) is 12.8 Å². The van der Waals surface area contributed by atoms with Crippen molar-refractivity contribution in [2.24, 2.45) is 0 Å². The van der Waals surface area contributed by atoms with Crippen molar-refractivity contribution < 1.29 is 32.3 Å². The van der Waals surface area contributed by atoms with Gasteiger partial charge in [-0.2, -0.15) is 13.2 Å². The lowest BCUT2D eigenvalue weighted by Crippen LogP contribution is -2.41. The Bertz CT molecular complexity index is 936. The molecule has 4 rings (SSSR count). The zero-order valence-electron chi connectivity index (χ0n) is 14.3. The lowest BCUT2D eigenvalue weighted by molar-refractivity contribution is -0.137. The number of halogens is 3. The first kappa shape index (κ1) is 18.1. The fraction of sp³-hybridized carbons (Fsp3) is 0.278. The van der Waals surface area contributed by atoms with Crippen LogP contribution < -0.4 is 9.47 Å². The molecule has 1 N–H and O–H groups in total. The molecule has 0 radical (unpaired) electrons. The number of aromatic nitrogens is 3. The van der Waals surface area contributed by atoms with Crippen LogP contribution in [0.2, 0.25) is 0 Å². The summed E-state index contributed by atoms with van der Waals surface area (Å²) in [5, 5.41) is 12.5. The van der Waals surface area contributed by atoms with Crippen LogP contribution in [0.15, 0.2) is 47.2 Å². The minimum absolute atomic E-state index is 0.117. The summed E-state index contributed by atoms with van der Waals surface area (Å²) < 4.78 is 53.9. The van der Waals surface area contributed by atoms with Crippen LogP contribution in [0.4, 0.5) is 13.2 Å². The molecule has 3 aromatic rings. The highest BCUT2D eigenvalue weighted by Gasteiger charge is 2.34. The number of ether oxygens (including phenoxy) is 2. The number of alkyl halides is 3. The molecule has 0 saturated heterocycles. The smallest absolute Gasteiger partial charge is 0.416 e. The molecule has 2 heterocycles. The van der Waals surface area contributed by atoms with Crippen molar-refractivity contribution in [2.45, 2.75) is 31.2 Å². The van der Waals surface area contributed by atoms with E-state index in [1.54, 1.807) is 0 Å². The fourth-order valence-electron chi connectivity index (χ4n) is 2.69. The molecule has 146 valence electrons. The summed E-state index contributed by atoms with van der Waals surface area (Å²) in [7, 11) is 0. The van der Waals surface area contributed by atoms with Gasteiger partial charge in [-0.1, -0.05) is 0 Å². The van der Waals surface area contributed by atoms with Crippen LogP contribution in [-0.4, -0.2) is 32.4 Å². The van der Waals surface area contributed by atoms with E-state index in [0.717, 1.165) is 12.1 Å². The number of aromatic hydroxyl groups is 1. The highest BCUT2D eigenvalue weighted by atomic mass is 19.4. The molecule has 0 bridgehead atoms. The van der Waals surface area contributed by atoms with Crippen molar-refractivity contribution >= 4 is 0 Å². The number of hydrogen-bond donors (Lipinski definition) is 1. The Kier molecular flexibility index (Phi) is 4.54. The zero-order valence-corrected chi connectivity index (χ0v) is 14.3. The molecule has 1 fully saturated rings. The van der Waals surface area contributed by atoms with Crippen LogP contribution in [0.25, 0.3) is 11.5 Å². The topological polar surface area (TPSA) is 90.5 Å². The molecular weight excluding hydrogens is 379 g/mol. The summed E-state index contributed by atoms with van der Waals surface area (Å²) in [6.07, 6.45) is -0.581. The van der Waals surface area contributed by atoms with E-state index in [9.17, 15) is 13.2 Å². The van der Waals surface area contributed by atoms with Crippen molar-refractivity contribution in [1.82, 2.24) is 15.1 Å². The maximum Gasteiger partial charge on any atom is 0.416 e. The molecular formula is C18H14F3N3O4. The zero-order chi connectivity index (χ0) is 19.7. The van der Waals surface area contributed by atoms with Crippen molar-refractivity contribution in [3.05, 3.63) is 48.3 Å². The highest BCUT2D eigenvalue weighted by Crippen LogP contribution is 2.33. The van der Waals surface area contributed by atoms with Gasteiger partial charge in [0.1, 0.15) is 23.7 Å². The number of rotatable bonds is 5. The SMILES string of the molecule is Oc1cc(-c2cnc(O[C@H]3C[C@@H](Oc4ccc(C(F)(F)F)cc4)C3)cn2)on1. The first-order valence-electron chi connectivity index (χ1n) is 8.35. The van der Waals surface area contributed by atoms with Crippen molar-refractivity contribution in [1.29, 1.82) is 0 Å². The summed E-state index contributed by atoms with van der Waals surface area (Å²) >= 11 is 0.